The number of hydrogen-bond donors (Lipinski definition) is 1. The van der Waals surface area contributed by atoms with Gasteiger partial charge in [0.05, 0.1) is 5.56 Å². The van der Waals surface area contributed by atoms with Gasteiger partial charge in [-0.25, -0.2) is 0 Å². The second-order valence-corrected chi connectivity index (χ2v) is 4.93. The van der Waals surface area contributed by atoms with Crippen molar-refractivity contribution in [3.63, 3.8) is 0 Å². The van der Waals surface area contributed by atoms with Crippen molar-refractivity contribution in [3.8, 4) is 11.3 Å². The van der Waals surface area contributed by atoms with E-state index < -0.39 is 11.7 Å². The van der Waals surface area contributed by atoms with Crippen molar-refractivity contribution < 1.29 is 13.2 Å². The van der Waals surface area contributed by atoms with Crippen LogP contribution in [0.3, 0.4) is 0 Å². The number of rotatable bonds is 1. The van der Waals surface area contributed by atoms with Crippen LogP contribution < -0.4 is 0 Å². The maximum Gasteiger partial charge on any atom is 0.416 e. The molecule has 2 aromatic carbocycles. The standard InChI is InChI=1S/C15H9ClF3N/c16-12-4-1-9(2-5-12)14-8-10-7-11(15(17,18)19)3-6-13(10)20-14/h1-8,20H. The molecule has 0 atom stereocenters. The van der Waals surface area contributed by atoms with Crippen molar-refractivity contribution in [2.45, 2.75) is 6.18 Å². The van der Waals surface area contributed by atoms with E-state index in [1.54, 1.807) is 18.2 Å². The highest BCUT2D eigenvalue weighted by Gasteiger charge is 2.30. The monoisotopic (exact) mass is 295 g/mol. The second-order valence-electron chi connectivity index (χ2n) is 4.49. The molecule has 1 nitrogen and oxygen atoms in total. The lowest BCUT2D eigenvalue weighted by molar-refractivity contribution is -0.137. The first-order chi connectivity index (χ1) is 9.43. The number of benzene rings is 2. The van der Waals surface area contributed by atoms with E-state index in [0.29, 0.717) is 15.9 Å². The van der Waals surface area contributed by atoms with Crippen LogP contribution in [0.15, 0.2) is 48.5 Å². The van der Waals surface area contributed by atoms with E-state index in [0.717, 1.165) is 23.4 Å². The number of fused-ring (bicyclic) bond motifs is 1. The first-order valence-corrected chi connectivity index (χ1v) is 6.27. The Kier molecular flexibility index (Phi) is 2.98. The topological polar surface area (TPSA) is 15.8 Å². The number of aromatic nitrogens is 1. The Morgan fingerprint density at radius 1 is 0.900 bits per heavy atom. The zero-order chi connectivity index (χ0) is 14.3. The van der Waals surface area contributed by atoms with Crippen LogP contribution in [0, 0.1) is 0 Å². The van der Waals surface area contributed by atoms with Crippen molar-refractivity contribution in [2.75, 3.05) is 0 Å². The van der Waals surface area contributed by atoms with Crippen molar-refractivity contribution >= 4 is 22.5 Å². The van der Waals surface area contributed by atoms with Gasteiger partial charge in [-0.3, -0.25) is 0 Å². The molecular weight excluding hydrogens is 287 g/mol. The molecule has 3 rings (SSSR count). The number of nitrogens with one attached hydrogen (secondary N) is 1. The third-order valence-electron chi connectivity index (χ3n) is 3.10. The van der Waals surface area contributed by atoms with Crippen LogP contribution >= 0.6 is 11.6 Å². The summed E-state index contributed by atoms with van der Waals surface area (Å²) in [4.78, 5) is 3.10. The minimum atomic E-state index is -4.33. The van der Waals surface area contributed by atoms with Gasteiger partial charge in [0.2, 0.25) is 0 Å². The van der Waals surface area contributed by atoms with E-state index in [2.05, 4.69) is 4.98 Å². The zero-order valence-electron chi connectivity index (χ0n) is 10.1. The molecule has 0 saturated heterocycles. The Labute approximate surface area is 118 Å². The van der Waals surface area contributed by atoms with Crippen molar-refractivity contribution in [3.05, 3.63) is 59.1 Å². The zero-order valence-corrected chi connectivity index (χ0v) is 10.9. The normalized spacial score (nSPS) is 12.0. The van der Waals surface area contributed by atoms with Gasteiger partial charge in [0, 0.05) is 21.6 Å². The molecule has 20 heavy (non-hydrogen) atoms. The summed E-state index contributed by atoms with van der Waals surface area (Å²) in [6.45, 7) is 0. The van der Waals surface area contributed by atoms with Gasteiger partial charge in [-0.05, 0) is 42.0 Å². The molecule has 0 bridgehead atoms. The highest BCUT2D eigenvalue weighted by atomic mass is 35.5. The van der Waals surface area contributed by atoms with Gasteiger partial charge in [-0.15, -0.1) is 0 Å². The molecule has 1 aromatic heterocycles. The molecule has 0 radical (unpaired) electrons. The maximum absolute atomic E-state index is 12.7. The molecule has 102 valence electrons. The fraction of sp³-hybridized carbons (Fsp3) is 0.0667. The average Bonchev–Trinajstić information content (AvgIpc) is 2.81. The van der Waals surface area contributed by atoms with Crippen LogP contribution in [0.4, 0.5) is 13.2 Å². The molecule has 0 aliphatic heterocycles. The summed E-state index contributed by atoms with van der Waals surface area (Å²) < 4.78 is 38.0. The third-order valence-corrected chi connectivity index (χ3v) is 3.36. The number of H-pyrrole nitrogens is 1. The lowest BCUT2D eigenvalue weighted by Crippen LogP contribution is -2.03. The maximum atomic E-state index is 12.7. The van der Waals surface area contributed by atoms with E-state index in [4.69, 9.17) is 11.6 Å². The Hall–Kier alpha value is -1.94. The molecule has 1 heterocycles. The molecule has 5 heteroatoms. The lowest BCUT2D eigenvalue weighted by atomic mass is 10.1. The molecule has 0 unspecified atom stereocenters. The van der Waals surface area contributed by atoms with E-state index in [1.807, 2.05) is 12.1 Å². The number of halogens is 4. The quantitative estimate of drug-likeness (QED) is 0.609. The molecular formula is C15H9ClF3N. The Bertz CT molecular complexity index is 757. The van der Waals surface area contributed by atoms with E-state index in [-0.39, 0.29) is 0 Å². The van der Waals surface area contributed by atoms with Gasteiger partial charge >= 0.3 is 6.18 Å². The summed E-state index contributed by atoms with van der Waals surface area (Å²) >= 11 is 5.81. The molecule has 0 saturated carbocycles. The van der Waals surface area contributed by atoms with E-state index in [9.17, 15) is 13.2 Å². The average molecular weight is 296 g/mol. The largest absolute Gasteiger partial charge is 0.416 e. The SMILES string of the molecule is FC(F)(F)c1ccc2[nH]c(-c3ccc(Cl)cc3)cc2c1. The minimum absolute atomic E-state index is 0.532. The van der Waals surface area contributed by atoms with Gasteiger partial charge in [-0.1, -0.05) is 23.7 Å². The molecule has 0 fully saturated rings. The van der Waals surface area contributed by atoms with Crippen LogP contribution in [0.25, 0.3) is 22.2 Å². The highest BCUT2D eigenvalue weighted by molar-refractivity contribution is 6.30. The first-order valence-electron chi connectivity index (χ1n) is 5.89. The van der Waals surface area contributed by atoms with Crippen molar-refractivity contribution in [2.24, 2.45) is 0 Å². The minimum Gasteiger partial charge on any atom is -0.355 e. The second kappa shape index (κ2) is 4.56. The smallest absolute Gasteiger partial charge is 0.355 e. The van der Waals surface area contributed by atoms with Crippen molar-refractivity contribution in [1.29, 1.82) is 0 Å². The summed E-state index contributed by atoms with van der Waals surface area (Å²) in [6, 6.07) is 12.5. The summed E-state index contributed by atoms with van der Waals surface area (Å²) in [6.07, 6.45) is -4.33. The van der Waals surface area contributed by atoms with Crippen LogP contribution in [0.1, 0.15) is 5.56 Å². The molecule has 3 aromatic rings. The highest BCUT2D eigenvalue weighted by Crippen LogP contribution is 2.33. The van der Waals surface area contributed by atoms with E-state index >= 15 is 0 Å². The number of aromatic amines is 1. The van der Waals surface area contributed by atoms with Crippen LogP contribution in [0.5, 0.6) is 0 Å². The molecule has 0 amide bonds. The predicted molar refractivity (Wildman–Crippen MR) is 73.7 cm³/mol. The molecule has 0 aliphatic rings. The van der Waals surface area contributed by atoms with Gasteiger partial charge in [0.25, 0.3) is 0 Å². The Morgan fingerprint density at radius 2 is 1.60 bits per heavy atom. The molecule has 1 N–H and O–H groups in total. The predicted octanol–water partition coefficient (Wildman–Crippen LogP) is 5.51. The lowest BCUT2D eigenvalue weighted by Gasteiger charge is -2.05. The fourth-order valence-electron chi connectivity index (χ4n) is 2.09. The summed E-state index contributed by atoms with van der Waals surface area (Å²) in [5.74, 6) is 0. The number of alkyl halides is 3. The van der Waals surface area contributed by atoms with Crippen LogP contribution in [-0.2, 0) is 6.18 Å². The van der Waals surface area contributed by atoms with Gasteiger partial charge in [0.1, 0.15) is 0 Å². The summed E-state index contributed by atoms with van der Waals surface area (Å²) in [5, 5.41) is 1.15. The Morgan fingerprint density at radius 3 is 2.25 bits per heavy atom. The van der Waals surface area contributed by atoms with Crippen LogP contribution in [0.2, 0.25) is 5.02 Å². The third kappa shape index (κ3) is 2.39. The van der Waals surface area contributed by atoms with E-state index in [1.165, 1.54) is 6.07 Å². The summed E-state index contributed by atoms with van der Waals surface area (Å²) in [7, 11) is 0. The first kappa shape index (κ1) is 13.1. The fourth-order valence-corrected chi connectivity index (χ4v) is 2.22. The molecule has 0 spiro atoms. The Balaban J connectivity index is 2.09. The molecule has 0 aliphatic carbocycles. The summed E-state index contributed by atoms with van der Waals surface area (Å²) in [5.41, 5.74) is 1.66. The number of hydrogen-bond acceptors (Lipinski definition) is 0. The van der Waals surface area contributed by atoms with Gasteiger partial charge in [-0.2, -0.15) is 13.2 Å². The van der Waals surface area contributed by atoms with Gasteiger partial charge < -0.3 is 4.98 Å². The van der Waals surface area contributed by atoms with Gasteiger partial charge in [0.15, 0.2) is 0 Å². The van der Waals surface area contributed by atoms with Crippen LogP contribution in [-0.4, -0.2) is 4.98 Å². The van der Waals surface area contributed by atoms with Crippen molar-refractivity contribution in [1.82, 2.24) is 4.98 Å².